The molecule has 21 heavy (non-hydrogen) atoms. The lowest BCUT2D eigenvalue weighted by atomic mass is 10.2. The molecule has 3 heterocycles. The average molecular weight is 292 g/mol. The molecule has 6 nitrogen and oxygen atoms in total. The highest BCUT2D eigenvalue weighted by molar-refractivity contribution is 5.42. The standard InChI is InChI=1S/C15H24N4O2/c1-11-8-14(16-9-12-4-2-6-20-12)19-15(18-11)17-10-13-5-3-7-21-13/h8,12-13H,2-7,9-10H2,1H3,(H2,16,17,18,19). The molecule has 0 radical (unpaired) electrons. The predicted octanol–water partition coefficient (Wildman–Crippen LogP) is 1.97. The maximum atomic E-state index is 5.61. The molecule has 2 fully saturated rings. The molecule has 2 N–H and O–H groups in total. The molecular weight excluding hydrogens is 268 g/mol. The molecule has 0 spiro atoms. The van der Waals surface area contributed by atoms with Crippen molar-refractivity contribution >= 4 is 11.8 Å². The molecule has 6 heteroatoms. The predicted molar refractivity (Wildman–Crippen MR) is 81.7 cm³/mol. The molecule has 0 aromatic carbocycles. The molecule has 0 saturated carbocycles. The van der Waals surface area contributed by atoms with Crippen LogP contribution in [0.2, 0.25) is 0 Å². The minimum atomic E-state index is 0.289. The molecule has 3 rings (SSSR count). The Balaban J connectivity index is 1.53. The molecule has 2 aliphatic heterocycles. The van der Waals surface area contributed by atoms with Crippen LogP contribution in [0.4, 0.5) is 11.8 Å². The minimum absolute atomic E-state index is 0.289. The van der Waals surface area contributed by atoms with Crippen molar-refractivity contribution in [1.82, 2.24) is 9.97 Å². The van der Waals surface area contributed by atoms with E-state index in [1.165, 1.54) is 0 Å². The topological polar surface area (TPSA) is 68.3 Å². The number of aryl methyl sites for hydroxylation is 1. The molecule has 2 aliphatic rings. The van der Waals surface area contributed by atoms with E-state index in [1.54, 1.807) is 0 Å². The van der Waals surface area contributed by atoms with Crippen molar-refractivity contribution in [1.29, 1.82) is 0 Å². The van der Waals surface area contributed by atoms with Crippen LogP contribution in [0.25, 0.3) is 0 Å². The summed E-state index contributed by atoms with van der Waals surface area (Å²) in [6.45, 7) is 5.31. The summed E-state index contributed by atoms with van der Waals surface area (Å²) in [6.07, 6.45) is 5.14. The monoisotopic (exact) mass is 292 g/mol. The first kappa shape index (κ1) is 14.5. The van der Waals surface area contributed by atoms with Gasteiger partial charge in [-0.1, -0.05) is 0 Å². The second-order valence-electron chi connectivity index (χ2n) is 5.75. The summed E-state index contributed by atoms with van der Waals surface area (Å²) < 4.78 is 11.2. The number of anilines is 2. The normalized spacial score (nSPS) is 25.2. The quantitative estimate of drug-likeness (QED) is 0.835. The second-order valence-corrected chi connectivity index (χ2v) is 5.75. The number of hydrogen-bond acceptors (Lipinski definition) is 6. The van der Waals surface area contributed by atoms with Gasteiger partial charge in [0.25, 0.3) is 0 Å². The Kier molecular flexibility index (Phi) is 4.87. The minimum Gasteiger partial charge on any atom is -0.376 e. The van der Waals surface area contributed by atoms with Gasteiger partial charge in [0.2, 0.25) is 5.95 Å². The highest BCUT2D eigenvalue weighted by Gasteiger charge is 2.17. The van der Waals surface area contributed by atoms with Gasteiger partial charge in [-0.3, -0.25) is 0 Å². The van der Waals surface area contributed by atoms with E-state index in [2.05, 4.69) is 20.6 Å². The van der Waals surface area contributed by atoms with Gasteiger partial charge in [-0.05, 0) is 32.6 Å². The van der Waals surface area contributed by atoms with Gasteiger partial charge >= 0.3 is 0 Å². The van der Waals surface area contributed by atoms with Crippen LogP contribution < -0.4 is 10.6 Å². The summed E-state index contributed by atoms with van der Waals surface area (Å²) in [4.78, 5) is 8.94. The molecule has 2 saturated heterocycles. The summed E-state index contributed by atoms with van der Waals surface area (Å²) in [7, 11) is 0. The Hall–Kier alpha value is -1.40. The number of nitrogens with one attached hydrogen (secondary N) is 2. The first-order valence-electron chi connectivity index (χ1n) is 7.86. The number of aromatic nitrogens is 2. The van der Waals surface area contributed by atoms with Gasteiger partial charge in [0, 0.05) is 38.1 Å². The van der Waals surface area contributed by atoms with Crippen molar-refractivity contribution in [2.45, 2.75) is 44.8 Å². The lowest BCUT2D eigenvalue weighted by molar-refractivity contribution is 0.120. The molecular formula is C15H24N4O2. The largest absolute Gasteiger partial charge is 0.376 e. The fourth-order valence-electron chi connectivity index (χ4n) is 2.77. The van der Waals surface area contributed by atoms with Gasteiger partial charge in [-0.25, -0.2) is 4.98 Å². The van der Waals surface area contributed by atoms with E-state index >= 15 is 0 Å². The Morgan fingerprint density at radius 1 is 1.05 bits per heavy atom. The maximum absolute atomic E-state index is 5.61. The summed E-state index contributed by atoms with van der Waals surface area (Å²) in [5.41, 5.74) is 0.953. The van der Waals surface area contributed by atoms with Crippen LogP contribution in [0.15, 0.2) is 6.07 Å². The average Bonchev–Trinajstić information content (AvgIpc) is 3.16. The van der Waals surface area contributed by atoms with E-state index in [-0.39, 0.29) is 6.10 Å². The molecule has 2 unspecified atom stereocenters. The summed E-state index contributed by atoms with van der Waals surface area (Å²) >= 11 is 0. The van der Waals surface area contributed by atoms with Crippen molar-refractivity contribution in [2.75, 3.05) is 36.9 Å². The Morgan fingerprint density at radius 3 is 2.33 bits per heavy atom. The number of ether oxygens (including phenoxy) is 2. The second kappa shape index (κ2) is 7.04. The van der Waals surface area contributed by atoms with Gasteiger partial charge in [0.1, 0.15) is 5.82 Å². The van der Waals surface area contributed by atoms with Crippen molar-refractivity contribution < 1.29 is 9.47 Å². The lowest BCUT2D eigenvalue weighted by Gasteiger charge is -2.14. The first-order valence-corrected chi connectivity index (χ1v) is 7.86. The highest BCUT2D eigenvalue weighted by atomic mass is 16.5. The van der Waals surface area contributed by atoms with Crippen molar-refractivity contribution in [2.24, 2.45) is 0 Å². The zero-order valence-electron chi connectivity index (χ0n) is 12.6. The summed E-state index contributed by atoms with van der Waals surface area (Å²) in [6, 6.07) is 1.96. The van der Waals surface area contributed by atoms with Crippen LogP contribution in [-0.2, 0) is 9.47 Å². The smallest absolute Gasteiger partial charge is 0.224 e. The summed E-state index contributed by atoms with van der Waals surface area (Å²) in [5, 5.41) is 6.63. The highest BCUT2D eigenvalue weighted by Crippen LogP contribution is 2.16. The molecule has 0 amide bonds. The molecule has 2 atom stereocenters. The zero-order valence-corrected chi connectivity index (χ0v) is 12.6. The van der Waals surface area contributed by atoms with Crippen LogP contribution in [0.3, 0.4) is 0 Å². The summed E-state index contributed by atoms with van der Waals surface area (Å²) in [5.74, 6) is 1.52. The third-order valence-electron chi connectivity index (χ3n) is 3.90. The van der Waals surface area contributed by atoms with Gasteiger partial charge in [-0.15, -0.1) is 0 Å². The van der Waals surface area contributed by atoms with E-state index in [9.17, 15) is 0 Å². The molecule has 116 valence electrons. The van der Waals surface area contributed by atoms with E-state index in [1.807, 2.05) is 13.0 Å². The zero-order chi connectivity index (χ0) is 14.5. The molecule has 1 aromatic rings. The third kappa shape index (κ3) is 4.28. The van der Waals surface area contributed by atoms with Crippen LogP contribution in [-0.4, -0.2) is 48.5 Å². The van der Waals surface area contributed by atoms with Crippen LogP contribution in [0.1, 0.15) is 31.4 Å². The Labute approximate surface area is 125 Å². The third-order valence-corrected chi connectivity index (χ3v) is 3.90. The van der Waals surface area contributed by atoms with E-state index in [0.29, 0.717) is 12.1 Å². The van der Waals surface area contributed by atoms with Crippen molar-refractivity contribution in [3.63, 3.8) is 0 Å². The fourth-order valence-corrected chi connectivity index (χ4v) is 2.77. The van der Waals surface area contributed by atoms with Crippen LogP contribution in [0.5, 0.6) is 0 Å². The number of rotatable bonds is 6. The van der Waals surface area contributed by atoms with Crippen LogP contribution >= 0.6 is 0 Å². The lowest BCUT2D eigenvalue weighted by Crippen LogP contribution is -2.21. The van der Waals surface area contributed by atoms with Crippen molar-refractivity contribution in [3.05, 3.63) is 11.8 Å². The number of hydrogen-bond donors (Lipinski definition) is 2. The Bertz CT molecular complexity index is 419. The maximum Gasteiger partial charge on any atom is 0.224 e. The van der Waals surface area contributed by atoms with Gasteiger partial charge in [-0.2, -0.15) is 4.98 Å². The van der Waals surface area contributed by atoms with E-state index in [4.69, 9.17) is 9.47 Å². The number of nitrogens with zero attached hydrogens (tertiary/aromatic N) is 2. The van der Waals surface area contributed by atoms with Crippen LogP contribution in [0, 0.1) is 6.92 Å². The van der Waals surface area contributed by atoms with Gasteiger partial charge < -0.3 is 20.1 Å². The Morgan fingerprint density at radius 2 is 1.71 bits per heavy atom. The molecule has 1 aromatic heterocycles. The first-order chi connectivity index (χ1) is 10.3. The molecule has 0 aliphatic carbocycles. The SMILES string of the molecule is Cc1cc(NCC2CCCO2)nc(NCC2CCCO2)n1. The van der Waals surface area contributed by atoms with E-state index in [0.717, 1.165) is 63.5 Å². The molecule has 0 bridgehead atoms. The van der Waals surface area contributed by atoms with Gasteiger partial charge in [0.15, 0.2) is 0 Å². The fraction of sp³-hybridized carbons (Fsp3) is 0.733. The van der Waals surface area contributed by atoms with Crippen molar-refractivity contribution in [3.8, 4) is 0 Å². The van der Waals surface area contributed by atoms with E-state index < -0.39 is 0 Å². The van der Waals surface area contributed by atoms with Gasteiger partial charge in [0.05, 0.1) is 12.2 Å².